The van der Waals surface area contributed by atoms with E-state index < -0.39 is 0 Å². The average molecular weight is 353 g/mol. The number of aromatic nitrogens is 1. The van der Waals surface area contributed by atoms with Crippen molar-refractivity contribution in [1.82, 2.24) is 10.3 Å². The van der Waals surface area contributed by atoms with Crippen LogP contribution in [0.25, 0.3) is 0 Å². The number of hydrogen-bond donors (Lipinski definition) is 1. The van der Waals surface area contributed by atoms with Crippen LogP contribution in [-0.4, -0.2) is 18.6 Å². The highest BCUT2D eigenvalue weighted by molar-refractivity contribution is 9.10. The quantitative estimate of drug-likeness (QED) is 0.850. The topological polar surface area (TPSA) is 34.2 Å². The van der Waals surface area contributed by atoms with Gasteiger partial charge in [0.15, 0.2) is 0 Å². The molecule has 112 valence electrons. The predicted molar refractivity (Wildman–Crippen MR) is 85.0 cm³/mol. The Balaban J connectivity index is 2.47. The SMILES string of the molecule is CCCNC(c1ccc(Br)cc1F)c1ncccc1OC. The third kappa shape index (κ3) is 3.80. The van der Waals surface area contributed by atoms with Crippen LogP contribution in [0, 0.1) is 5.82 Å². The van der Waals surface area contributed by atoms with Gasteiger partial charge in [-0.05, 0) is 37.2 Å². The van der Waals surface area contributed by atoms with Crippen molar-refractivity contribution >= 4 is 15.9 Å². The Morgan fingerprint density at radius 3 is 2.86 bits per heavy atom. The molecule has 5 heteroatoms. The van der Waals surface area contributed by atoms with E-state index in [1.165, 1.54) is 6.07 Å². The summed E-state index contributed by atoms with van der Waals surface area (Å²) in [6.07, 6.45) is 2.64. The highest BCUT2D eigenvalue weighted by Crippen LogP contribution is 2.30. The molecule has 1 aromatic carbocycles. The van der Waals surface area contributed by atoms with E-state index in [0.29, 0.717) is 21.5 Å². The van der Waals surface area contributed by atoms with Crippen LogP contribution in [0.2, 0.25) is 0 Å². The molecular weight excluding hydrogens is 335 g/mol. The van der Waals surface area contributed by atoms with Crippen molar-refractivity contribution in [2.45, 2.75) is 19.4 Å². The largest absolute Gasteiger partial charge is 0.495 e. The van der Waals surface area contributed by atoms with Crippen LogP contribution in [-0.2, 0) is 0 Å². The van der Waals surface area contributed by atoms with Gasteiger partial charge in [-0.3, -0.25) is 4.98 Å². The van der Waals surface area contributed by atoms with Crippen LogP contribution < -0.4 is 10.1 Å². The standard InChI is InChI=1S/C16H18BrFN2O/c1-3-8-19-15(12-7-6-11(17)10-13(12)18)16-14(21-2)5-4-9-20-16/h4-7,9-10,15,19H,3,8H2,1-2H3. The molecule has 0 saturated heterocycles. The van der Waals surface area contributed by atoms with Gasteiger partial charge in [0.25, 0.3) is 0 Å². The molecule has 1 atom stereocenters. The fourth-order valence-corrected chi connectivity index (χ4v) is 2.50. The van der Waals surface area contributed by atoms with Gasteiger partial charge in [-0.2, -0.15) is 0 Å². The lowest BCUT2D eigenvalue weighted by Crippen LogP contribution is -2.25. The van der Waals surface area contributed by atoms with Crippen molar-refractivity contribution < 1.29 is 9.13 Å². The zero-order valence-corrected chi connectivity index (χ0v) is 13.7. The van der Waals surface area contributed by atoms with Crippen LogP contribution >= 0.6 is 15.9 Å². The molecule has 3 nitrogen and oxygen atoms in total. The Hall–Kier alpha value is -1.46. The fraction of sp³-hybridized carbons (Fsp3) is 0.312. The summed E-state index contributed by atoms with van der Waals surface area (Å²) in [5, 5.41) is 3.34. The minimum absolute atomic E-state index is 0.273. The summed E-state index contributed by atoms with van der Waals surface area (Å²) in [7, 11) is 1.59. The Morgan fingerprint density at radius 2 is 2.19 bits per heavy atom. The van der Waals surface area contributed by atoms with E-state index in [4.69, 9.17) is 4.74 Å². The van der Waals surface area contributed by atoms with Crippen LogP contribution in [0.15, 0.2) is 41.0 Å². The summed E-state index contributed by atoms with van der Waals surface area (Å²) < 4.78 is 20.4. The molecular formula is C16H18BrFN2O. The molecule has 1 heterocycles. The number of benzene rings is 1. The second-order valence-electron chi connectivity index (χ2n) is 4.64. The zero-order chi connectivity index (χ0) is 15.2. The predicted octanol–water partition coefficient (Wildman–Crippen LogP) is 4.08. The summed E-state index contributed by atoms with van der Waals surface area (Å²) in [6.45, 7) is 2.83. The van der Waals surface area contributed by atoms with Crippen LogP contribution in [0.3, 0.4) is 0 Å². The molecule has 0 saturated carbocycles. The number of nitrogens with one attached hydrogen (secondary N) is 1. The minimum Gasteiger partial charge on any atom is -0.495 e. The molecule has 2 rings (SSSR count). The first-order valence-corrected chi connectivity index (χ1v) is 7.64. The Kier molecular flexibility index (Phi) is 5.70. The first-order chi connectivity index (χ1) is 10.2. The van der Waals surface area contributed by atoms with Crippen molar-refractivity contribution in [3.8, 4) is 5.75 Å². The van der Waals surface area contributed by atoms with Gasteiger partial charge in [-0.25, -0.2) is 4.39 Å². The summed E-state index contributed by atoms with van der Waals surface area (Å²) in [4.78, 5) is 4.38. The van der Waals surface area contributed by atoms with Gasteiger partial charge in [-0.15, -0.1) is 0 Å². The number of pyridine rings is 1. The molecule has 0 radical (unpaired) electrons. The number of hydrogen-bond acceptors (Lipinski definition) is 3. The normalized spacial score (nSPS) is 12.2. The maximum absolute atomic E-state index is 14.3. The number of ether oxygens (including phenoxy) is 1. The van der Waals surface area contributed by atoms with Crippen molar-refractivity contribution in [1.29, 1.82) is 0 Å². The van der Waals surface area contributed by atoms with Crippen molar-refractivity contribution in [3.05, 3.63) is 58.1 Å². The molecule has 2 aromatic rings. The lowest BCUT2D eigenvalue weighted by molar-refractivity contribution is 0.398. The van der Waals surface area contributed by atoms with Gasteiger partial charge in [0.2, 0.25) is 0 Å². The minimum atomic E-state index is -0.339. The lowest BCUT2D eigenvalue weighted by atomic mass is 10.0. The highest BCUT2D eigenvalue weighted by Gasteiger charge is 2.22. The number of rotatable bonds is 6. The molecule has 1 unspecified atom stereocenters. The molecule has 1 aromatic heterocycles. The van der Waals surface area contributed by atoms with E-state index in [1.54, 1.807) is 25.4 Å². The van der Waals surface area contributed by atoms with E-state index in [0.717, 1.165) is 13.0 Å². The van der Waals surface area contributed by atoms with E-state index in [9.17, 15) is 4.39 Å². The van der Waals surface area contributed by atoms with Crippen molar-refractivity contribution in [2.24, 2.45) is 0 Å². The van der Waals surface area contributed by atoms with Crippen molar-refractivity contribution in [2.75, 3.05) is 13.7 Å². The van der Waals surface area contributed by atoms with Crippen LogP contribution in [0.4, 0.5) is 4.39 Å². The van der Waals surface area contributed by atoms with Gasteiger partial charge in [0.1, 0.15) is 17.3 Å². The van der Waals surface area contributed by atoms with Gasteiger partial charge < -0.3 is 10.1 Å². The molecule has 0 aliphatic heterocycles. The van der Waals surface area contributed by atoms with E-state index >= 15 is 0 Å². The Labute approximate surface area is 132 Å². The monoisotopic (exact) mass is 352 g/mol. The summed E-state index contributed by atoms with van der Waals surface area (Å²) in [5.41, 5.74) is 1.25. The molecule has 0 bridgehead atoms. The Bertz CT molecular complexity index is 607. The molecule has 0 amide bonds. The Morgan fingerprint density at radius 1 is 1.38 bits per heavy atom. The maximum atomic E-state index is 14.3. The molecule has 0 fully saturated rings. The van der Waals surface area contributed by atoms with E-state index in [1.807, 2.05) is 12.1 Å². The van der Waals surface area contributed by atoms with Gasteiger partial charge in [-0.1, -0.05) is 28.9 Å². The van der Waals surface area contributed by atoms with Crippen molar-refractivity contribution in [3.63, 3.8) is 0 Å². The molecule has 21 heavy (non-hydrogen) atoms. The first kappa shape index (κ1) is 15.9. The van der Waals surface area contributed by atoms with Gasteiger partial charge in [0, 0.05) is 16.2 Å². The molecule has 1 N–H and O–H groups in total. The lowest BCUT2D eigenvalue weighted by Gasteiger charge is -2.21. The highest BCUT2D eigenvalue weighted by atomic mass is 79.9. The third-order valence-corrected chi connectivity index (χ3v) is 3.66. The van der Waals surface area contributed by atoms with Crippen LogP contribution in [0.5, 0.6) is 5.75 Å². The van der Waals surface area contributed by atoms with Gasteiger partial charge in [0.05, 0.1) is 13.2 Å². The molecule has 0 spiro atoms. The number of methoxy groups -OCH3 is 1. The smallest absolute Gasteiger partial charge is 0.142 e. The summed E-state index contributed by atoms with van der Waals surface area (Å²) in [6, 6.07) is 8.35. The average Bonchev–Trinajstić information content (AvgIpc) is 2.49. The van der Waals surface area contributed by atoms with Crippen LogP contribution in [0.1, 0.15) is 30.6 Å². The second-order valence-corrected chi connectivity index (χ2v) is 5.56. The molecule has 0 aliphatic rings. The number of halogens is 2. The van der Waals surface area contributed by atoms with E-state index in [2.05, 4.69) is 33.2 Å². The maximum Gasteiger partial charge on any atom is 0.142 e. The zero-order valence-electron chi connectivity index (χ0n) is 12.1. The molecule has 0 aliphatic carbocycles. The first-order valence-electron chi connectivity index (χ1n) is 6.84. The summed E-state index contributed by atoms with van der Waals surface area (Å²) in [5.74, 6) is 0.374. The fourth-order valence-electron chi connectivity index (χ4n) is 2.17. The second kappa shape index (κ2) is 7.52. The third-order valence-electron chi connectivity index (χ3n) is 3.17. The summed E-state index contributed by atoms with van der Waals surface area (Å²) >= 11 is 3.28. The van der Waals surface area contributed by atoms with E-state index in [-0.39, 0.29) is 11.9 Å². The number of nitrogens with zero attached hydrogens (tertiary/aromatic N) is 1. The van der Waals surface area contributed by atoms with Gasteiger partial charge >= 0.3 is 0 Å².